The molecule has 0 heterocycles. The lowest BCUT2D eigenvalue weighted by molar-refractivity contribution is 0.00219. The van der Waals surface area contributed by atoms with Crippen LogP contribution in [0.15, 0.2) is 22.6 Å². The molecule has 0 radical (unpaired) electrons. The summed E-state index contributed by atoms with van der Waals surface area (Å²) in [6.07, 6.45) is 2.68. The summed E-state index contributed by atoms with van der Waals surface area (Å²) in [6, 6.07) is 0. The zero-order valence-electron chi connectivity index (χ0n) is 9.80. The van der Waals surface area contributed by atoms with Crippen LogP contribution in [0.1, 0.15) is 34.1 Å². The van der Waals surface area contributed by atoms with Crippen LogP contribution in [-0.2, 0) is 4.74 Å². The molecule has 3 N–H and O–H groups in total. The van der Waals surface area contributed by atoms with Gasteiger partial charge in [-0.05, 0) is 33.3 Å². The van der Waals surface area contributed by atoms with Gasteiger partial charge in [-0.1, -0.05) is 24.1 Å². The minimum absolute atomic E-state index is 0.119. The second kappa shape index (κ2) is 6.03. The second-order valence-electron chi connectivity index (χ2n) is 4.16. The molecular weight excluding hydrogens is 214 g/mol. The summed E-state index contributed by atoms with van der Waals surface area (Å²) in [5, 5.41) is 9.79. The highest BCUT2D eigenvalue weighted by molar-refractivity contribution is 6.31. The third-order valence-electron chi connectivity index (χ3n) is 1.75. The fourth-order valence-electron chi connectivity index (χ4n) is 0.713. The lowest BCUT2D eigenvalue weighted by atomic mass is 10.2. The van der Waals surface area contributed by atoms with E-state index < -0.39 is 5.60 Å². The number of ether oxygens (including phenoxy) is 1. The van der Waals surface area contributed by atoms with Crippen LogP contribution in [0.5, 0.6) is 0 Å². The van der Waals surface area contributed by atoms with E-state index in [1.54, 1.807) is 19.9 Å². The maximum absolute atomic E-state index is 9.41. The van der Waals surface area contributed by atoms with E-state index in [0.717, 1.165) is 12.0 Å². The van der Waals surface area contributed by atoms with Gasteiger partial charge in [0.25, 0.3) is 0 Å². The molecule has 4 heteroatoms. The lowest BCUT2D eigenvalue weighted by Gasteiger charge is -2.18. The molecule has 0 atom stereocenters. The second-order valence-corrected chi connectivity index (χ2v) is 4.56. The molecule has 0 aromatic carbocycles. The van der Waals surface area contributed by atoms with Crippen LogP contribution < -0.4 is 5.73 Å². The first-order chi connectivity index (χ1) is 6.76. The van der Waals surface area contributed by atoms with Gasteiger partial charge in [-0.15, -0.1) is 0 Å². The number of allylic oxidation sites excluding steroid dienone is 3. The highest BCUT2D eigenvalue weighted by Crippen LogP contribution is 2.14. The van der Waals surface area contributed by atoms with Crippen molar-refractivity contribution in [3.8, 4) is 0 Å². The monoisotopic (exact) mass is 233 g/mol. The van der Waals surface area contributed by atoms with E-state index in [2.05, 4.69) is 0 Å². The molecule has 0 amide bonds. The van der Waals surface area contributed by atoms with Gasteiger partial charge in [0, 0.05) is 0 Å². The Morgan fingerprint density at radius 1 is 1.53 bits per heavy atom. The molecule has 3 nitrogen and oxygen atoms in total. The van der Waals surface area contributed by atoms with Crippen molar-refractivity contribution in [2.24, 2.45) is 5.73 Å². The van der Waals surface area contributed by atoms with E-state index in [1.807, 2.05) is 13.8 Å². The molecule has 0 aliphatic heterocycles. The molecule has 0 unspecified atom stereocenters. The minimum Gasteiger partial charge on any atom is -0.475 e. The molecule has 0 aliphatic rings. The van der Waals surface area contributed by atoms with Gasteiger partial charge in [-0.2, -0.15) is 0 Å². The standard InChI is InChI=1S/C11H20ClNO2/c1-5-8(2)6-9(12)10(13)15-7-11(3,4)14/h6,14H,5,7,13H2,1-4H3/b8-6-,10-9-. The molecule has 0 bridgehead atoms. The van der Waals surface area contributed by atoms with E-state index in [-0.39, 0.29) is 12.5 Å². The number of hydrogen-bond acceptors (Lipinski definition) is 3. The third kappa shape index (κ3) is 7.28. The minimum atomic E-state index is -0.911. The van der Waals surface area contributed by atoms with Gasteiger partial charge < -0.3 is 15.6 Å². The van der Waals surface area contributed by atoms with E-state index >= 15 is 0 Å². The molecule has 0 fully saturated rings. The average molecular weight is 234 g/mol. The van der Waals surface area contributed by atoms with Crippen molar-refractivity contribution >= 4 is 11.6 Å². The molecule has 0 spiro atoms. The Bertz CT molecular complexity index is 264. The Balaban J connectivity index is 4.40. The predicted molar refractivity (Wildman–Crippen MR) is 63.4 cm³/mol. The molecular formula is C11H20ClNO2. The van der Waals surface area contributed by atoms with Crippen molar-refractivity contribution in [1.82, 2.24) is 0 Å². The topological polar surface area (TPSA) is 55.5 Å². The van der Waals surface area contributed by atoms with E-state index in [4.69, 9.17) is 22.1 Å². The first-order valence-electron chi connectivity index (χ1n) is 4.94. The number of rotatable bonds is 5. The van der Waals surface area contributed by atoms with Crippen molar-refractivity contribution in [1.29, 1.82) is 0 Å². The van der Waals surface area contributed by atoms with Crippen molar-refractivity contribution < 1.29 is 9.84 Å². The first-order valence-corrected chi connectivity index (χ1v) is 5.31. The van der Waals surface area contributed by atoms with E-state index in [1.165, 1.54) is 0 Å². The van der Waals surface area contributed by atoms with Crippen molar-refractivity contribution in [2.75, 3.05) is 6.61 Å². The van der Waals surface area contributed by atoms with Crippen LogP contribution in [0, 0.1) is 0 Å². The van der Waals surface area contributed by atoms with E-state index in [9.17, 15) is 5.11 Å². The Hall–Kier alpha value is -0.670. The van der Waals surface area contributed by atoms with Crippen molar-refractivity contribution in [3.05, 3.63) is 22.6 Å². The zero-order chi connectivity index (χ0) is 12.1. The fourth-order valence-corrected chi connectivity index (χ4v) is 0.954. The summed E-state index contributed by atoms with van der Waals surface area (Å²) in [5.41, 5.74) is 5.81. The SMILES string of the molecule is CC/C(C)=C\C(Cl)=C(/N)OCC(C)(C)O. The highest BCUT2D eigenvalue weighted by atomic mass is 35.5. The van der Waals surface area contributed by atoms with Crippen LogP contribution in [-0.4, -0.2) is 17.3 Å². The van der Waals surface area contributed by atoms with Crippen LogP contribution in [0.4, 0.5) is 0 Å². The average Bonchev–Trinajstić information content (AvgIpc) is 2.12. The molecule has 0 aromatic heterocycles. The Kier molecular flexibility index (Phi) is 5.76. The van der Waals surface area contributed by atoms with Crippen LogP contribution in [0.3, 0.4) is 0 Å². The van der Waals surface area contributed by atoms with Gasteiger partial charge in [0.05, 0.1) is 10.6 Å². The predicted octanol–water partition coefficient (Wildman–Crippen LogP) is 2.50. The zero-order valence-corrected chi connectivity index (χ0v) is 10.6. The Morgan fingerprint density at radius 3 is 2.47 bits per heavy atom. The summed E-state index contributed by atoms with van der Waals surface area (Å²) in [7, 11) is 0. The van der Waals surface area contributed by atoms with Gasteiger partial charge >= 0.3 is 0 Å². The number of halogens is 1. The first kappa shape index (κ1) is 14.3. The summed E-state index contributed by atoms with van der Waals surface area (Å²) in [5.74, 6) is 0.145. The fraction of sp³-hybridized carbons (Fsp3) is 0.636. The molecule has 0 rings (SSSR count). The Morgan fingerprint density at radius 2 is 2.07 bits per heavy atom. The summed E-state index contributed by atoms with van der Waals surface area (Å²) < 4.78 is 5.14. The largest absolute Gasteiger partial charge is 0.475 e. The highest BCUT2D eigenvalue weighted by Gasteiger charge is 2.14. The van der Waals surface area contributed by atoms with Gasteiger partial charge in [-0.25, -0.2) is 0 Å². The smallest absolute Gasteiger partial charge is 0.203 e. The Labute approximate surface area is 96.6 Å². The molecule has 88 valence electrons. The summed E-state index contributed by atoms with van der Waals surface area (Å²) in [6.45, 7) is 7.40. The summed E-state index contributed by atoms with van der Waals surface area (Å²) in [4.78, 5) is 0. The molecule has 0 aromatic rings. The van der Waals surface area contributed by atoms with Gasteiger partial charge in [0.1, 0.15) is 6.61 Å². The van der Waals surface area contributed by atoms with E-state index in [0.29, 0.717) is 5.03 Å². The lowest BCUT2D eigenvalue weighted by Crippen LogP contribution is -2.27. The van der Waals surface area contributed by atoms with Gasteiger partial charge in [0.15, 0.2) is 0 Å². The maximum Gasteiger partial charge on any atom is 0.203 e. The maximum atomic E-state index is 9.41. The van der Waals surface area contributed by atoms with Crippen molar-refractivity contribution in [2.45, 2.75) is 39.7 Å². The van der Waals surface area contributed by atoms with Gasteiger partial charge in [0.2, 0.25) is 5.88 Å². The molecule has 0 saturated heterocycles. The number of hydrogen-bond donors (Lipinski definition) is 2. The van der Waals surface area contributed by atoms with Gasteiger partial charge in [-0.3, -0.25) is 0 Å². The molecule has 15 heavy (non-hydrogen) atoms. The quantitative estimate of drug-likeness (QED) is 0.567. The van der Waals surface area contributed by atoms with Crippen LogP contribution in [0.2, 0.25) is 0 Å². The number of nitrogens with two attached hydrogens (primary N) is 1. The van der Waals surface area contributed by atoms with Crippen LogP contribution in [0.25, 0.3) is 0 Å². The molecule has 0 aliphatic carbocycles. The summed E-state index contributed by atoms with van der Waals surface area (Å²) >= 11 is 5.91. The third-order valence-corrected chi connectivity index (χ3v) is 2.04. The number of aliphatic hydroxyl groups is 1. The normalized spacial score (nSPS) is 14.9. The molecule has 0 saturated carbocycles. The van der Waals surface area contributed by atoms with Crippen molar-refractivity contribution in [3.63, 3.8) is 0 Å². The van der Waals surface area contributed by atoms with Crippen LogP contribution >= 0.6 is 11.6 Å².